The molecule has 4 nitrogen and oxygen atoms in total. The van der Waals surface area contributed by atoms with Crippen molar-refractivity contribution in [2.45, 2.75) is 0 Å². The molecule has 0 heterocycles. The van der Waals surface area contributed by atoms with Gasteiger partial charge in [-0.25, -0.2) is 4.79 Å². The molecule has 0 bridgehead atoms. The Morgan fingerprint density at radius 3 is 2.86 bits per heavy atom. The van der Waals surface area contributed by atoms with Gasteiger partial charge in [-0.15, -0.1) is 0 Å². The summed E-state index contributed by atoms with van der Waals surface area (Å²) in [7, 11) is 1.31. The monoisotopic (exact) mass is 259 g/mol. The molecule has 0 aliphatic rings. The molecule has 0 saturated heterocycles. The molecule has 14 heavy (non-hydrogen) atoms. The van der Waals surface area contributed by atoms with E-state index < -0.39 is 5.97 Å². The summed E-state index contributed by atoms with van der Waals surface area (Å²) < 4.78 is 10.3. The van der Waals surface area contributed by atoms with Crippen molar-refractivity contribution in [3.8, 4) is 5.75 Å². The first kappa shape index (κ1) is 10.8. The fourth-order valence-electron chi connectivity index (χ4n) is 0.813. The van der Waals surface area contributed by atoms with Gasteiger partial charge in [0.05, 0.1) is 7.11 Å². The smallest absolute Gasteiger partial charge is 0.343 e. The quantitative estimate of drug-likeness (QED) is 0.662. The SMILES string of the molecule is COC(=O)COc1ccc(Br)c(N)c1. The van der Waals surface area contributed by atoms with Crippen LogP contribution < -0.4 is 10.5 Å². The first-order valence-electron chi connectivity index (χ1n) is 3.88. The highest BCUT2D eigenvalue weighted by molar-refractivity contribution is 9.10. The van der Waals surface area contributed by atoms with Gasteiger partial charge in [-0.3, -0.25) is 0 Å². The lowest BCUT2D eigenvalue weighted by atomic mass is 10.3. The molecule has 0 atom stereocenters. The van der Waals surface area contributed by atoms with Crippen LogP contribution in [0.1, 0.15) is 0 Å². The minimum Gasteiger partial charge on any atom is -0.482 e. The van der Waals surface area contributed by atoms with Crippen molar-refractivity contribution in [3.63, 3.8) is 0 Å². The second-order valence-electron chi connectivity index (χ2n) is 2.55. The largest absolute Gasteiger partial charge is 0.482 e. The van der Waals surface area contributed by atoms with Crippen LogP contribution in [-0.2, 0) is 9.53 Å². The highest BCUT2D eigenvalue weighted by atomic mass is 79.9. The summed E-state index contributed by atoms with van der Waals surface area (Å²) in [4.78, 5) is 10.7. The van der Waals surface area contributed by atoms with Crippen molar-refractivity contribution in [1.82, 2.24) is 0 Å². The molecule has 5 heteroatoms. The molecule has 0 saturated carbocycles. The van der Waals surface area contributed by atoms with Crippen LogP contribution in [0.5, 0.6) is 5.75 Å². The van der Waals surface area contributed by atoms with Crippen LogP contribution >= 0.6 is 15.9 Å². The first-order valence-corrected chi connectivity index (χ1v) is 4.67. The fourth-order valence-corrected chi connectivity index (χ4v) is 1.06. The number of hydrogen-bond donors (Lipinski definition) is 1. The van der Waals surface area contributed by atoms with Crippen molar-refractivity contribution in [2.24, 2.45) is 0 Å². The maximum atomic E-state index is 10.7. The number of rotatable bonds is 3. The van der Waals surface area contributed by atoms with E-state index in [0.29, 0.717) is 11.4 Å². The van der Waals surface area contributed by atoms with E-state index >= 15 is 0 Å². The van der Waals surface area contributed by atoms with Gasteiger partial charge in [-0.2, -0.15) is 0 Å². The van der Waals surface area contributed by atoms with E-state index in [1.165, 1.54) is 7.11 Å². The molecular formula is C9H10BrNO3. The normalized spacial score (nSPS) is 9.57. The number of esters is 1. The zero-order valence-corrected chi connectivity index (χ0v) is 9.21. The van der Waals surface area contributed by atoms with Crippen LogP contribution in [0.2, 0.25) is 0 Å². The lowest BCUT2D eigenvalue weighted by Gasteiger charge is -2.05. The zero-order chi connectivity index (χ0) is 10.6. The molecule has 0 fully saturated rings. The molecule has 0 spiro atoms. The van der Waals surface area contributed by atoms with Gasteiger partial charge in [0.15, 0.2) is 6.61 Å². The maximum Gasteiger partial charge on any atom is 0.343 e. The predicted octanol–water partition coefficient (Wildman–Crippen LogP) is 1.58. The third kappa shape index (κ3) is 2.92. The standard InChI is InChI=1S/C9H10BrNO3/c1-13-9(12)5-14-6-2-3-7(10)8(11)4-6/h2-4H,5,11H2,1H3. The number of ether oxygens (including phenoxy) is 2. The average molecular weight is 260 g/mol. The van der Waals surface area contributed by atoms with Crippen LogP contribution in [0.25, 0.3) is 0 Å². The summed E-state index contributed by atoms with van der Waals surface area (Å²) in [5.74, 6) is 0.114. The highest BCUT2D eigenvalue weighted by Gasteiger charge is 2.03. The van der Waals surface area contributed by atoms with E-state index in [0.717, 1.165) is 4.47 Å². The van der Waals surface area contributed by atoms with E-state index in [2.05, 4.69) is 20.7 Å². The van der Waals surface area contributed by atoms with Crippen LogP contribution in [0.15, 0.2) is 22.7 Å². The minimum atomic E-state index is -0.425. The van der Waals surface area contributed by atoms with Crippen molar-refractivity contribution in [3.05, 3.63) is 22.7 Å². The zero-order valence-electron chi connectivity index (χ0n) is 7.62. The molecule has 0 radical (unpaired) electrons. The Labute approximate surface area is 90.1 Å². The fraction of sp³-hybridized carbons (Fsp3) is 0.222. The van der Waals surface area contributed by atoms with Gasteiger partial charge in [0.1, 0.15) is 5.75 Å². The number of carbonyl (C=O) groups is 1. The Balaban J connectivity index is 2.60. The number of halogens is 1. The first-order chi connectivity index (χ1) is 6.63. The molecule has 76 valence electrons. The molecule has 0 aliphatic heterocycles. The Morgan fingerprint density at radius 1 is 1.57 bits per heavy atom. The Hall–Kier alpha value is -1.23. The number of methoxy groups -OCH3 is 1. The Kier molecular flexibility index (Phi) is 3.76. The summed E-state index contributed by atoms with van der Waals surface area (Å²) in [6, 6.07) is 5.10. The van der Waals surface area contributed by atoms with Crippen LogP contribution in [0, 0.1) is 0 Å². The topological polar surface area (TPSA) is 61.5 Å². The lowest BCUT2D eigenvalue weighted by molar-refractivity contribution is -0.142. The van der Waals surface area contributed by atoms with Crippen LogP contribution in [0.4, 0.5) is 5.69 Å². The second kappa shape index (κ2) is 4.85. The number of hydrogen-bond acceptors (Lipinski definition) is 4. The Morgan fingerprint density at radius 2 is 2.29 bits per heavy atom. The Bertz CT molecular complexity index is 341. The lowest BCUT2D eigenvalue weighted by Crippen LogP contribution is -2.12. The summed E-state index contributed by atoms with van der Waals surface area (Å²) in [5, 5.41) is 0. The number of nitrogen functional groups attached to an aromatic ring is 1. The molecular weight excluding hydrogens is 250 g/mol. The summed E-state index contributed by atoms with van der Waals surface area (Å²) >= 11 is 3.25. The molecule has 0 aromatic heterocycles. The van der Waals surface area contributed by atoms with E-state index in [1.807, 2.05) is 0 Å². The molecule has 1 aromatic rings. The van der Waals surface area contributed by atoms with E-state index in [9.17, 15) is 4.79 Å². The number of benzene rings is 1. The van der Waals surface area contributed by atoms with E-state index in [1.54, 1.807) is 18.2 Å². The predicted molar refractivity (Wildman–Crippen MR) is 56.1 cm³/mol. The van der Waals surface area contributed by atoms with Crippen molar-refractivity contribution in [2.75, 3.05) is 19.5 Å². The van der Waals surface area contributed by atoms with E-state index in [-0.39, 0.29) is 6.61 Å². The number of carbonyl (C=O) groups excluding carboxylic acids is 1. The number of anilines is 1. The molecule has 0 unspecified atom stereocenters. The van der Waals surface area contributed by atoms with Crippen molar-refractivity contribution < 1.29 is 14.3 Å². The van der Waals surface area contributed by atoms with E-state index in [4.69, 9.17) is 10.5 Å². The minimum absolute atomic E-state index is 0.114. The highest BCUT2D eigenvalue weighted by Crippen LogP contribution is 2.24. The van der Waals surface area contributed by atoms with Gasteiger partial charge in [0.25, 0.3) is 0 Å². The van der Waals surface area contributed by atoms with Gasteiger partial charge >= 0.3 is 5.97 Å². The second-order valence-corrected chi connectivity index (χ2v) is 3.40. The van der Waals surface area contributed by atoms with Gasteiger partial charge in [0.2, 0.25) is 0 Å². The summed E-state index contributed by atoms with van der Waals surface area (Å²) in [5.41, 5.74) is 6.18. The van der Waals surface area contributed by atoms with Crippen molar-refractivity contribution >= 4 is 27.6 Å². The molecule has 0 amide bonds. The maximum absolute atomic E-state index is 10.7. The van der Waals surface area contributed by atoms with Crippen LogP contribution in [-0.4, -0.2) is 19.7 Å². The van der Waals surface area contributed by atoms with Gasteiger partial charge in [0, 0.05) is 16.2 Å². The third-order valence-electron chi connectivity index (χ3n) is 1.55. The molecule has 0 aliphatic carbocycles. The average Bonchev–Trinajstić information content (AvgIpc) is 2.19. The third-order valence-corrected chi connectivity index (χ3v) is 2.27. The van der Waals surface area contributed by atoms with Gasteiger partial charge < -0.3 is 15.2 Å². The molecule has 1 rings (SSSR count). The van der Waals surface area contributed by atoms with Crippen LogP contribution in [0.3, 0.4) is 0 Å². The molecule has 1 aromatic carbocycles. The van der Waals surface area contributed by atoms with Gasteiger partial charge in [-0.1, -0.05) is 0 Å². The molecule has 2 N–H and O–H groups in total. The number of nitrogens with two attached hydrogens (primary N) is 1. The van der Waals surface area contributed by atoms with Gasteiger partial charge in [-0.05, 0) is 28.1 Å². The summed E-state index contributed by atoms with van der Waals surface area (Å²) in [6.07, 6.45) is 0. The van der Waals surface area contributed by atoms with Crippen molar-refractivity contribution in [1.29, 1.82) is 0 Å². The summed E-state index contributed by atoms with van der Waals surface area (Å²) in [6.45, 7) is -0.114.